The highest BCUT2D eigenvalue weighted by molar-refractivity contribution is 6.32. The van der Waals surface area contributed by atoms with Gasteiger partial charge >= 0.3 is 0 Å². The molecule has 18 heavy (non-hydrogen) atoms. The fourth-order valence-electron chi connectivity index (χ4n) is 1.43. The number of hydrogen-bond donors (Lipinski definition) is 1. The molecular weight excluding hydrogens is 256 g/mol. The summed E-state index contributed by atoms with van der Waals surface area (Å²) in [6.45, 7) is 0.784. The van der Waals surface area contributed by atoms with Gasteiger partial charge in [0.15, 0.2) is 0 Å². The second-order valence-corrected chi connectivity index (χ2v) is 3.97. The van der Waals surface area contributed by atoms with E-state index in [1.807, 2.05) is 12.1 Å². The van der Waals surface area contributed by atoms with E-state index in [1.165, 1.54) is 10.9 Å². The third kappa shape index (κ3) is 2.72. The van der Waals surface area contributed by atoms with Gasteiger partial charge in [-0.2, -0.15) is 5.10 Å². The maximum absolute atomic E-state index is 11.9. The molecular formula is C11H13ClN4O2. The van der Waals surface area contributed by atoms with Gasteiger partial charge in [-0.3, -0.25) is 14.9 Å². The monoisotopic (exact) mass is 268 g/mol. The number of halogens is 1. The molecule has 0 aromatic carbocycles. The van der Waals surface area contributed by atoms with Crippen molar-refractivity contribution in [1.29, 1.82) is 0 Å². The van der Waals surface area contributed by atoms with Crippen LogP contribution in [0.25, 0.3) is 0 Å². The highest BCUT2D eigenvalue weighted by atomic mass is 35.5. The fraction of sp³-hybridized carbons (Fsp3) is 0.273. The number of anilines is 1. The van der Waals surface area contributed by atoms with E-state index in [2.05, 4.69) is 10.5 Å². The summed E-state index contributed by atoms with van der Waals surface area (Å²) in [5.74, 6) is 0. The van der Waals surface area contributed by atoms with Crippen LogP contribution in [0.5, 0.6) is 0 Å². The summed E-state index contributed by atoms with van der Waals surface area (Å²) in [7, 11) is 1.56. The molecule has 0 amide bonds. The third-order valence-corrected chi connectivity index (χ3v) is 2.71. The Morgan fingerprint density at radius 2 is 2.17 bits per heavy atom. The molecule has 0 aliphatic heterocycles. The van der Waals surface area contributed by atoms with Crippen molar-refractivity contribution in [2.45, 2.75) is 6.54 Å². The van der Waals surface area contributed by atoms with Crippen molar-refractivity contribution in [1.82, 2.24) is 14.5 Å². The normalized spacial score (nSPS) is 10.6. The number of ether oxygens (including phenoxy) is 1. The second kappa shape index (κ2) is 5.70. The molecule has 0 unspecified atom stereocenters. The maximum Gasteiger partial charge on any atom is 0.287 e. The zero-order valence-corrected chi connectivity index (χ0v) is 10.6. The van der Waals surface area contributed by atoms with Crippen molar-refractivity contribution in [3.8, 4) is 0 Å². The molecule has 0 aliphatic carbocycles. The number of methoxy groups -OCH3 is 1. The largest absolute Gasteiger partial charge is 0.383 e. The number of nitrogens with zero attached hydrogens (tertiary/aromatic N) is 3. The summed E-state index contributed by atoms with van der Waals surface area (Å²) < 4.78 is 7.85. The Morgan fingerprint density at radius 1 is 1.44 bits per heavy atom. The minimum Gasteiger partial charge on any atom is -0.383 e. The average molecular weight is 269 g/mol. The van der Waals surface area contributed by atoms with Crippen LogP contribution in [0.3, 0.4) is 0 Å². The van der Waals surface area contributed by atoms with Gasteiger partial charge in [-0.15, -0.1) is 0 Å². The van der Waals surface area contributed by atoms with Crippen molar-refractivity contribution >= 4 is 17.3 Å². The molecule has 2 aromatic heterocycles. The van der Waals surface area contributed by atoms with Gasteiger partial charge in [0.2, 0.25) is 0 Å². The topological polar surface area (TPSA) is 61.1 Å². The van der Waals surface area contributed by atoms with Crippen LogP contribution in [-0.2, 0) is 11.3 Å². The summed E-state index contributed by atoms with van der Waals surface area (Å²) in [6.07, 6.45) is 5.11. The Morgan fingerprint density at radius 3 is 2.83 bits per heavy atom. The molecule has 0 fully saturated rings. The van der Waals surface area contributed by atoms with Gasteiger partial charge < -0.3 is 4.74 Å². The van der Waals surface area contributed by atoms with E-state index in [4.69, 9.17) is 16.3 Å². The molecule has 1 N–H and O–H groups in total. The van der Waals surface area contributed by atoms with Crippen molar-refractivity contribution in [3.63, 3.8) is 0 Å². The lowest BCUT2D eigenvalue weighted by molar-refractivity contribution is 0.182. The molecule has 6 nitrogen and oxygen atoms in total. The zero-order valence-electron chi connectivity index (χ0n) is 9.84. The van der Waals surface area contributed by atoms with Crippen LogP contribution in [0, 0.1) is 0 Å². The minimum absolute atomic E-state index is 0.106. The SMILES string of the molecule is COCCn1ncc(Nn2cccc2)c(Cl)c1=O. The first-order valence-electron chi connectivity index (χ1n) is 5.37. The van der Waals surface area contributed by atoms with Crippen molar-refractivity contribution < 1.29 is 4.74 Å². The zero-order chi connectivity index (χ0) is 13.0. The second-order valence-electron chi connectivity index (χ2n) is 3.60. The number of hydrogen-bond acceptors (Lipinski definition) is 4. The molecule has 0 saturated carbocycles. The van der Waals surface area contributed by atoms with E-state index in [9.17, 15) is 4.79 Å². The minimum atomic E-state index is -0.342. The molecule has 7 heteroatoms. The fourth-order valence-corrected chi connectivity index (χ4v) is 1.62. The lowest BCUT2D eigenvalue weighted by atomic mass is 10.4. The Hall–Kier alpha value is -1.79. The summed E-state index contributed by atoms with van der Waals surface area (Å²) in [6, 6.07) is 3.71. The van der Waals surface area contributed by atoms with Crippen molar-refractivity contribution in [3.05, 3.63) is 46.1 Å². The van der Waals surface area contributed by atoms with E-state index < -0.39 is 0 Å². The number of nitrogens with one attached hydrogen (secondary N) is 1. The summed E-state index contributed by atoms with van der Waals surface area (Å²) in [5.41, 5.74) is 3.08. The highest BCUT2D eigenvalue weighted by Crippen LogP contribution is 2.15. The average Bonchev–Trinajstić information content (AvgIpc) is 2.87. The lowest BCUT2D eigenvalue weighted by Gasteiger charge is -2.10. The van der Waals surface area contributed by atoms with E-state index >= 15 is 0 Å². The van der Waals surface area contributed by atoms with Crippen LogP contribution >= 0.6 is 11.6 Å². The predicted octanol–water partition coefficient (Wildman–Crippen LogP) is 1.22. The first kappa shape index (κ1) is 12.7. The van der Waals surface area contributed by atoms with Crippen LogP contribution < -0.4 is 11.0 Å². The van der Waals surface area contributed by atoms with Gasteiger partial charge in [0.1, 0.15) is 5.02 Å². The third-order valence-electron chi connectivity index (χ3n) is 2.35. The molecule has 2 rings (SSSR count). The van der Waals surface area contributed by atoms with Gasteiger partial charge in [-0.1, -0.05) is 11.6 Å². The molecule has 0 saturated heterocycles. The first-order chi connectivity index (χ1) is 8.72. The number of aromatic nitrogens is 3. The predicted molar refractivity (Wildman–Crippen MR) is 68.8 cm³/mol. The highest BCUT2D eigenvalue weighted by Gasteiger charge is 2.08. The van der Waals surface area contributed by atoms with Gasteiger partial charge in [-0.05, 0) is 12.1 Å². The van der Waals surface area contributed by atoms with E-state index in [1.54, 1.807) is 24.2 Å². The Labute approximate surface area is 109 Å². The van der Waals surface area contributed by atoms with Crippen LogP contribution in [-0.4, -0.2) is 28.2 Å². The van der Waals surface area contributed by atoms with Gasteiger partial charge in [0.05, 0.1) is 25.0 Å². The van der Waals surface area contributed by atoms with Crippen molar-refractivity contribution in [2.24, 2.45) is 0 Å². The van der Waals surface area contributed by atoms with Crippen LogP contribution in [0.1, 0.15) is 0 Å². The summed E-state index contributed by atoms with van der Waals surface area (Å²) >= 11 is 6.00. The summed E-state index contributed by atoms with van der Waals surface area (Å²) in [4.78, 5) is 11.9. The molecule has 0 radical (unpaired) electrons. The molecule has 0 bridgehead atoms. The van der Waals surface area contributed by atoms with Gasteiger partial charge in [0, 0.05) is 19.5 Å². The molecule has 0 aliphatic rings. The quantitative estimate of drug-likeness (QED) is 0.886. The molecule has 2 heterocycles. The first-order valence-corrected chi connectivity index (χ1v) is 5.74. The van der Waals surface area contributed by atoms with Gasteiger partial charge in [-0.25, -0.2) is 4.68 Å². The standard InChI is InChI=1S/C11H13ClN4O2/c1-18-7-6-16-11(17)10(12)9(8-13-16)14-15-4-2-3-5-15/h2-5,8,14H,6-7H2,1H3. The van der Waals surface area contributed by atoms with E-state index in [-0.39, 0.29) is 10.6 Å². The Kier molecular flexibility index (Phi) is 4.01. The van der Waals surface area contributed by atoms with Crippen LogP contribution in [0.2, 0.25) is 5.02 Å². The van der Waals surface area contributed by atoms with Gasteiger partial charge in [0.25, 0.3) is 5.56 Å². The van der Waals surface area contributed by atoms with Crippen LogP contribution in [0.15, 0.2) is 35.5 Å². The van der Waals surface area contributed by atoms with E-state index in [0.717, 1.165) is 0 Å². The molecule has 2 aromatic rings. The Bertz CT molecular complexity index is 565. The maximum atomic E-state index is 11.9. The smallest absolute Gasteiger partial charge is 0.287 e. The summed E-state index contributed by atoms with van der Waals surface area (Å²) in [5, 5.41) is 4.13. The molecule has 96 valence electrons. The Balaban J connectivity index is 2.23. The van der Waals surface area contributed by atoms with E-state index in [0.29, 0.717) is 18.8 Å². The lowest BCUT2D eigenvalue weighted by Crippen LogP contribution is -2.26. The number of rotatable bonds is 5. The van der Waals surface area contributed by atoms with Crippen molar-refractivity contribution in [2.75, 3.05) is 19.1 Å². The van der Waals surface area contributed by atoms with Crippen LogP contribution in [0.4, 0.5) is 5.69 Å². The molecule has 0 spiro atoms. The molecule has 0 atom stereocenters.